The van der Waals surface area contributed by atoms with Crippen molar-refractivity contribution in [3.63, 3.8) is 0 Å². The smallest absolute Gasteiger partial charge is 0.316 e. The van der Waals surface area contributed by atoms with Crippen molar-refractivity contribution in [2.75, 3.05) is 0 Å². The molecule has 2 aliphatic rings. The number of hydrogen-bond acceptors (Lipinski definition) is 4. The van der Waals surface area contributed by atoms with E-state index >= 15 is 0 Å². The maximum absolute atomic E-state index is 5.39. The Morgan fingerprint density at radius 3 is 1.56 bits per heavy atom. The van der Waals surface area contributed by atoms with E-state index in [0.717, 1.165) is 11.1 Å². The lowest BCUT2D eigenvalue weighted by atomic mass is 10.0. The molecular formula is C14H8O4. The number of rotatable bonds is 1. The molecule has 0 unspecified atom stereocenters. The summed E-state index contributed by atoms with van der Waals surface area (Å²) in [6.07, 6.45) is 0. The van der Waals surface area contributed by atoms with Crippen LogP contribution in [0.5, 0.6) is 23.0 Å². The third-order valence-electron chi connectivity index (χ3n) is 2.93. The Kier molecular flexibility index (Phi) is 1.91. The summed E-state index contributed by atoms with van der Waals surface area (Å²) in [7, 11) is 0. The first-order valence-corrected chi connectivity index (χ1v) is 5.50. The van der Waals surface area contributed by atoms with Gasteiger partial charge in [-0.2, -0.15) is 0 Å². The van der Waals surface area contributed by atoms with E-state index in [1.165, 1.54) is 13.6 Å². The molecule has 2 aliphatic heterocycles. The van der Waals surface area contributed by atoms with Crippen molar-refractivity contribution >= 4 is 0 Å². The van der Waals surface area contributed by atoms with Gasteiger partial charge in [-0.1, -0.05) is 24.3 Å². The number of benzene rings is 2. The molecule has 2 aromatic carbocycles. The van der Waals surface area contributed by atoms with Gasteiger partial charge in [-0.05, 0) is 12.1 Å². The minimum Gasteiger partial charge on any atom is -0.444 e. The SMILES string of the molecule is [CH]1Oc2cccc(-c3cccc4c3O[CH]O4)c2O1. The predicted octanol–water partition coefficient (Wildman–Crippen LogP) is 3.13. The van der Waals surface area contributed by atoms with Crippen molar-refractivity contribution in [2.45, 2.75) is 0 Å². The van der Waals surface area contributed by atoms with E-state index < -0.39 is 0 Å². The summed E-state index contributed by atoms with van der Waals surface area (Å²) < 4.78 is 21.3. The Morgan fingerprint density at radius 2 is 1.06 bits per heavy atom. The quantitative estimate of drug-likeness (QED) is 0.767. The molecule has 18 heavy (non-hydrogen) atoms. The van der Waals surface area contributed by atoms with E-state index in [9.17, 15) is 0 Å². The van der Waals surface area contributed by atoms with Crippen LogP contribution in [-0.2, 0) is 0 Å². The minimum atomic E-state index is 0.696. The second kappa shape index (κ2) is 3.57. The van der Waals surface area contributed by atoms with Crippen LogP contribution in [0.3, 0.4) is 0 Å². The molecule has 0 aliphatic carbocycles. The molecule has 0 saturated heterocycles. The van der Waals surface area contributed by atoms with E-state index in [4.69, 9.17) is 18.9 Å². The van der Waals surface area contributed by atoms with Crippen LogP contribution in [0.15, 0.2) is 36.4 Å². The number of hydrogen-bond donors (Lipinski definition) is 0. The average Bonchev–Trinajstić information content (AvgIpc) is 3.06. The van der Waals surface area contributed by atoms with E-state index in [1.54, 1.807) is 0 Å². The highest BCUT2D eigenvalue weighted by atomic mass is 16.7. The largest absolute Gasteiger partial charge is 0.444 e. The van der Waals surface area contributed by atoms with Gasteiger partial charge in [0.15, 0.2) is 23.0 Å². The van der Waals surface area contributed by atoms with Crippen molar-refractivity contribution in [3.05, 3.63) is 50.0 Å². The van der Waals surface area contributed by atoms with E-state index in [1.807, 2.05) is 36.4 Å². The zero-order valence-corrected chi connectivity index (χ0v) is 9.25. The van der Waals surface area contributed by atoms with E-state index in [-0.39, 0.29) is 0 Å². The van der Waals surface area contributed by atoms with Crippen molar-refractivity contribution in [2.24, 2.45) is 0 Å². The lowest BCUT2D eigenvalue weighted by molar-refractivity contribution is 0.269. The average molecular weight is 240 g/mol. The predicted molar refractivity (Wildman–Crippen MR) is 63.0 cm³/mol. The summed E-state index contributed by atoms with van der Waals surface area (Å²) in [5.74, 6) is 2.80. The molecule has 4 nitrogen and oxygen atoms in total. The molecule has 2 heterocycles. The molecule has 2 aromatic rings. The van der Waals surface area contributed by atoms with Crippen LogP contribution in [0.4, 0.5) is 0 Å². The van der Waals surface area contributed by atoms with Gasteiger partial charge in [-0.15, -0.1) is 0 Å². The van der Waals surface area contributed by atoms with Crippen molar-refractivity contribution in [3.8, 4) is 34.1 Å². The lowest BCUT2D eigenvalue weighted by Gasteiger charge is -2.08. The summed E-state index contributed by atoms with van der Waals surface area (Å²) in [6, 6.07) is 11.5. The van der Waals surface area contributed by atoms with Crippen LogP contribution in [0.2, 0.25) is 0 Å². The van der Waals surface area contributed by atoms with E-state index in [2.05, 4.69) is 0 Å². The molecule has 0 atom stereocenters. The van der Waals surface area contributed by atoms with Crippen LogP contribution in [-0.4, -0.2) is 0 Å². The van der Waals surface area contributed by atoms with Crippen LogP contribution < -0.4 is 18.9 Å². The highest BCUT2D eigenvalue weighted by Crippen LogP contribution is 2.48. The summed E-state index contributed by atoms with van der Waals surface area (Å²) in [4.78, 5) is 0. The Labute approximate surface area is 104 Å². The fourth-order valence-electron chi connectivity index (χ4n) is 2.13. The van der Waals surface area contributed by atoms with Gasteiger partial charge in [0.25, 0.3) is 0 Å². The topological polar surface area (TPSA) is 36.9 Å². The molecule has 0 saturated carbocycles. The fourth-order valence-corrected chi connectivity index (χ4v) is 2.13. The first-order chi connectivity index (χ1) is 8.93. The summed E-state index contributed by atoms with van der Waals surface area (Å²) >= 11 is 0. The van der Waals surface area contributed by atoms with Gasteiger partial charge in [0.2, 0.25) is 0 Å². The first kappa shape index (κ1) is 9.65. The first-order valence-electron chi connectivity index (χ1n) is 5.50. The molecule has 0 bridgehead atoms. The zero-order valence-electron chi connectivity index (χ0n) is 9.25. The van der Waals surface area contributed by atoms with E-state index in [0.29, 0.717) is 23.0 Å². The molecule has 4 rings (SSSR count). The zero-order chi connectivity index (χ0) is 11.9. The Bertz CT molecular complexity index is 566. The lowest BCUT2D eigenvalue weighted by Crippen LogP contribution is -1.87. The summed E-state index contributed by atoms with van der Waals surface area (Å²) in [5, 5.41) is 0. The van der Waals surface area contributed by atoms with Crippen LogP contribution >= 0.6 is 0 Å². The molecule has 88 valence electrons. The van der Waals surface area contributed by atoms with Gasteiger partial charge in [0.1, 0.15) is 0 Å². The fraction of sp³-hybridized carbons (Fsp3) is 0. The number of ether oxygens (including phenoxy) is 4. The normalized spacial score (nSPS) is 14.9. The van der Waals surface area contributed by atoms with Crippen LogP contribution in [0, 0.1) is 13.6 Å². The Balaban J connectivity index is 1.95. The third kappa shape index (κ3) is 1.26. The maximum Gasteiger partial charge on any atom is 0.316 e. The maximum atomic E-state index is 5.39. The van der Waals surface area contributed by atoms with Gasteiger partial charge in [-0.25, -0.2) is 0 Å². The monoisotopic (exact) mass is 240 g/mol. The molecule has 0 spiro atoms. The molecule has 0 aromatic heterocycles. The second-order valence-corrected chi connectivity index (χ2v) is 3.93. The van der Waals surface area contributed by atoms with Gasteiger partial charge in [-0.3, -0.25) is 0 Å². The second-order valence-electron chi connectivity index (χ2n) is 3.93. The summed E-state index contributed by atoms with van der Waals surface area (Å²) in [5.41, 5.74) is 1.83. The molecule has 0 amide bonds. The number of para-hydroxylation sites is 2. The molecular weight excluding hydrogens is 232 g/mol. The Morgan fingerprint density at radius 1 is 0.556 bits per heavy atom. The highest BCUT2D eigenvalue weighted by molar-refractivity contribution is 5.81. The number of fused-ring (bicyclic) bond motifs is 2. The van der Waals surface area contributed by atoms with Gasteiger partial charge in [0, 0.05) is 11.1 Å². The van der Waals surface area contributed by atoms with Gasteiger partial charge in [0.05, 0.1) is 0 Å². The van der Waals surface area contributed by atoms with Gasteiger partial charge < -0.3 is 18.9 Å². The van der Waals surface area contributed by atoms with Gasteiger partial charge >= 0.3 is 13.6 Å². The minimum absolute atomic E-state index is 0.696. The van der Waals surface area contributed by atoms with Crippen molar-refractivity contribution in [1.82, 2.24) is 0 Å². The third-order valence-corrected chi connectivity index (χ3v) is 2.93. The van der Waals surface area contributed by atoms with Crippen molar-refractivity contribution < 1.29 is 18.9 Å². The van der Waals surface area contributed by atoms with Crippen molar-refractivity contribution in [1.29, 1.82) is 0 Å². The Hall–Kier alpha value is -2.36. The van der Waals surface area contributed by atoms with Crippen LogP contribution in [0.25, 0.3) is 11.1 Å². The molecule has 4 heteroatoms. The summed E-state index contributed by atoms with van der Waals surface area (Å²) in [6.45, 7) is 2.64. The molecule has 0 fully saturated rings. The molecule has 0 N–H and O–H groups in total. The molecule has 2 radical (unpaired) electrons. The standard InChI is InChI=1S/C14H8O4/c1-3-9(13-11(5-1)15-7-17-13)10-4-2-6-12-14(10)18-8-16-12/h1-8H. The van der Waals surface area contributed by atoms with Crippen LogP contribution in [0.1, 0.15) is 0 Å². The highest BCUT2D eigenvalue weighted by Gasteiger charge is 2.25.